The number of hydrogen-bond donors (Lipinski definition) is 0. The number of aliphatic imine (C=N–C) groups is 1. The number of rotatable bonds is 16. The lowest BCUT2D eigenvalue weighted by Gasteiger charge is -2.47. The van der Waals surface area contributed by atoms with Crippen LogP contribution in [0.5, 0.6) is 0 Å². The third kappa shape index (κ3) is 12.0. The van der Waals surface area contributed by atoms with Gasteiger partial charge in [-0.15, -0.1) is 0 Å². The van der Waals surface area contributed by atoms with Crippen molar-refractivity contribution in [2.24, 2.45) is 4.99 Å². The largest absolute Gasteiger partial charge is 0.459 e. The molecule has 6 aromatic carbocycles. The van der Waals surface area contributed by atoms with E-state index in [9.17, 15) is 28.8 Å². The van der Waals surface area contributed by atoms with Crippen LogP contribution in [0.3, 0.4) is 0 Å². The summed E-state index contributed by atoms with van der Waals surface area (Å²) in [6, 6.07) is 46.8. The molecular formula is C56H47NO16. The van der Waals surface area contributed by atoms with Gasteiger partial charge in [-0.05, 0) is 72.8 Å². The highest BCUT2D eigenvalue weighted by Gasteiger charge is 2.58. The van der Waals surface area contributed by atoms with Crippen LogP contribution in [0.1, 0.15) is 69.1 Å². The molecule has 3 aliphatic heterocycles. The third-order valence-electron chi connectivity index (χ3n) is 11.9. The van der Waals surface area contributed by atoms with Crippen molar-refractivity contribution in [3.8, 4) is 0 Å². The highest BCUT2D eigenvalue weighted by Crippen LogP contribution is 2.38. The Morgan fingerprint density at radius 2 is 0.726 bits per heavy atom. The van der Waals surface area contributed by atoms with Gasteiger partial charge in [0.25, 0.3) is 0 Å². The van der Waals surface area contributed by atoms with E-state index in [2.05, 4.69) is 4.99 Å². The first-order valence-electron chi connectivity index (χ1n) is 23.3. The molecule has 9 rings (SSSR count). The van der Waals surface area contributed by atoms with Gasteiger partial charge in [0.1, 0.15) is 31.5 Å². The van der Waals surface area contributed by atoms with E-state index in [0.717, 1.165) is 0 Å². The Bertz CT molecular complexity index is 2890. The van der Waals surface area contributed by atoms with Crippen LogP contribution >= 0.6 is 0 Å². The Labute approximate surface area is 418 Å². The van der Waals surface area contributed by atoms with Crippen LogP contribution in [-0.2, 0) is 47.4 Å². The molecule has 0 aliphatic carbocycles. The van der Waals surface area contributed by atoms with Gasteiger partial charge in [0.05, 0.1) is 33.4 Å². The van der Waals surface area contributed by atoms with Crippen molar-refractivity contribution < 1.29 is 76.1 Å². The lowest BCUT2D eigenvalue weighted by Crippen LogP contribution is -2.66. The van der Waals surface area contributed by atoms with E-state index >= 15 is 0 Å². The molecule has 0 aromatic heterocycles. The first-order valence-corrected chi connectivity index (χ1v) is 23.3. The number of nitrogens with zero attached hydrogens (tertiary/aromatic N) is 1. The quantitative estimate of drug-likeness (QED) is 0.0691. The summed E-state index contributed by atoms with van der Waals surface area (Å²) in [6.07, 6.45) is -14.3. The second-order valence-electron chi connectivity index (χ2n) is 16.8. The number of ether oxygens (including phenoxy) is 10. The van der Waals surface area contributed by atoms with Crippen LogP contribution in [0.25, 0.3) is 0 Å². The lowest BCUT2D eigenvalue weighted by molar-refractivity contribution is -0.338. The number of carbonyl (C=O) groups is 6. The molecule has 10 atom stereocenters. The van der Waals surface area contributed by atoms with E-state index in [4.69, 9.17) is 47.4 Å². The average molecular weight is 990 g/mol. The molecule has 2 fully saturated rings. The molecule has 73 heavy (non-hydrogen) atoms. The number of esters is 6. The molecule has 17 heteroatoms. The molecule has 17 nitrogen and oxygen atoms in total. The predicted octanol–water partition coefficient (Wildman–Crippen LogP) is 7.26. The highest BCUT2D eigenvalue weighted by atomic mass is 16.8. The predicted molar refractivity (Wildman–Crippen MR) is 256 cm³/mol. The van der Waals surface area contributed by atoms with Crippen LogP contribution < -0.4 is 0 Å². The van der Waals surface area contributed by atoms with E-state index in [1.807, 2.05) is 0 Å². The first kappa shape index (κ1) is 49.5. The van der Waals surface area contributed by atoms with Gasteiger partial charge in [0.2, 0.25) is 6.29 Å². The summed E-state index contributed by atoms with van der Waals surface area (Å²) in [5.41, 5.74) is 0.761. The molecule has 0 radical (unpaired) electrons. The van der Waals surface area contributed by atoms with Crippen LogP contribution in [0.2, 0.25) is 0 Å². The molecule has 2 saturated heterocycles. The van der Waals surface area contributed by atoms with Crippen molar-refractivity contribution in [3.63, 3.8) is 0 Å². The molecule has 0 unspecified atom stereocenters. The summed E-state index contributed by atoms with van der Waals surface area (Å²) in [5.74, 6) is -4.94. The van der Waals surface area contributed by atoms with Gasteiger partial charge in [0, 0.05) is 6.92 Å². The average Bonchev–Trinajstić information content (AvgIpc) is 3.82. The standard InChI is InChI=1S/C56H47NO16/c1-34-57-43-46(70-52(61)38-26-14-5-15-27-38)44(41(67-55(43)66-34)32-64-49(58)35-20-8-2-9-21-35)73-56-48(72-54(63)40-30-18-7-19-31-40)47(71-53(62)39-28-16-6-17-29-39)45(69-51(60)37-24-12-4-13-25-37)42(68-56)33-65-50(59)36-22-10-3-11-23-36/h2-31,41-48,55-56H,32-33H2,1H3/t41-,42-,43-,44-,45+,46-,47+,48-,55+,56+/m1/s1. The Balaban J connectivity index is 1.16. The monoisotopic (exact) mass is 989 g/mol. The zero-order valence-corrected chi connectivity index (χ0v) is 39.0. The molecular weight excluding hydrogens is 943 g/mol. The van der Waals surface area contributed by atoms with E-state index < -0.39 is 110 Å². The number of benzene rings is 6. The fourth-order valence-electron chi connectivity index (χ4n) is 8.34. The molecule has 0 amide bonds. The minimum Gasteiger partial charge on any atom is -0.459 e. The van der Waals surface area contributed by atoms with Crippen molar-refractivity contribution in [2.75, 3.05) is 13.2 Å². The van der Waals surface area contributed by atoms with Crippen LogP contribution in [0.15, 0.2) is 187 Å². The van der Waals surface area contributed by atoms with Crippen LogP contribution in [-0.4, -0.2) is 116 Å². The molecule has 3 aliphatic rings. The summed E-state index contributed by atoms with van der Waals surface area (Å²) in [6.45, 7) is 0.379. The van der Waals surface area contributed by atoms with Gasteiger partial charge in [0.15, 0.2) is 42.6 Å². The maximum Gasteiger partial charge on any atom is 0.338 e. The van der Waals surface area contributed by atoms with E-state index in [1.54, 1.807) is 140 Å². The smallest absolute Gasteiger partial charge is 0.338 e. The highest BCUT2D eigenvalue weighted by molar-refractivity contribution is 5.92. The van der Waals surface area contributed by atoms with Crippen molar-refractivity contribution in [1.82, 2.24) is 0 Å². The maximum absolute atomic E-state index is 14.3. The Morgan fingerprint density at radius 3 is 1.12 bits per heavy atom. The SMILES string of the molecule is CC1=N[C@H]2[C@@H](O1)O[C@H](COC(=O)c1ccccc1)[C@@H](O[C@@H]1O[C@H](COC(=O)c3ccccc3)[C@H](OC(=O)c3ccccc3)[C@H](OC(=O)c3ccccc3)[C@H]1OC(=O)c1ccccc1)[C@@H]2OC(=O)c1ccccc1. The Hall–Kier alpha value is -8.51. The van der Waals surface area contributed by atoms with E-state index in [1.165, 1.54) is 48.5 Å². The van der Waals surface area contributed by atoms with E-state index in [0.29, 0.717) is 0 Å². The summed E-state index contributed by atoms with van der Waals surface area (Å²) >= 11 is 0. The van der Waals surface area contributed by atoms with Gasteiger partial charge in [-0.25, -0.2) is 33.8 Å². The number of carbonyl (C=O) groups excluding carboxylic acids is 6. The molecule has 3 heterocycles. The molecule has 0 bridgehead atoms. The van der Waals surface area contributed by atoms with Gasteiger partial charge in [-0.2, -0.15) is 0 Å². The zero-order valence-electron chi connectivity index (χ0n) is 39.0. The number of fused-ring (bicyclic) bond motifs is 1. The fourth-order valence-corrected chi connectivity index (χ4v) is 8.34. The third-order valence-corrected chi connectivity index (χ3v) is 11.9. The van der Waals surface area contributed by atoms with Crippen molar-refractivity contribution in [3.05, 3.63) is 215 Å². The van der Waals surface area contributed by atoms with E-state index in [-0.39, 0.29) is 39.3 Å². The minimum absolute atomic E-state index is 0.0586. The van der Waals surface area contributed by atoms with Gasteiger partial charge >= 0.3 is 35.8 Å². The summed E-state index contributed by atoms with van der Waals surface area (Å²) in [7, 11) is 0. The van der Waals surface area contributed by atoms with Gasteiger partial charge in [-0.3, -0.25) is 0 Å². The maximum atomic E-state index is 14.3. The Morgan fingerprint density at radius 1 is 0.397 bits per heavy atom. The molecule has 0 spiro atoms. The number of hydrogen-bond acceptors (Lipinski definition) is 17. The topological polar surface area (TPSA) is 207 Å². The summed E-state index contributed by atoms with van der Waals surface area (Å²) < 4.78 is 62.6. The molecule has 6 aromatic rings. The summed E-state index contributed by atoms with van der Waals surface area (Å²) in [5, 5.41) is 0. The minimum atomic E-state index is -1.89. The van der Waals surface area contributed by atoms with Crippen molar-refractivity contribution in [1.29, 1.82) is 0 Å². The van der Waals surface area contributed by atoms with Crippen LogP contribution in [0, 0.1) is 0 Å². The first-order chi connectivity index (χ1) is 35.6. The lowest BCUT2D eigenvalue weighted by atomic mass is 9.95. The second-order valence-corrected chi connectivity index (χ2v) is 16.8. The van der Waals surface area contributed by atoms with Crippen molar-refractivity contribution in [2.45, 2.75) is 68.3 Å². The molecule has 372 valence electrons. The Kier molecular flexibility index (Phi) is 15.7. The molecule has 0 N–H and O–H groups in total. The van der Waals surface area contributed by atoms with Crippen molar-refractivity contribution >= 4 is 41.7 Å². The summed E-state index contributed by atoms with van der Waals surface area (Å²) in [4.78, 5) is 88.6. The second kappa shape index (κ2) is 23.1. The normalized spacial score (nSPS) is 24.0. The van der Waals surface area contributed by atoms with Gasteiger partial charge in [-0.1, -0.05) is 109 Å². The van der Waals surface area contributed by atoms with Crippen LogP contribution in [0.4, 0.5) is 0 Å². The van der Waals surface area contributed by atoms with Gasteiger partial charge < -0.3 is 47.4 Å². The zero-order chi connectivity index (χ0) is 50.7. The molecule has 0 saturated carbocycles. The fraction of sp³-hybridized carbons (Fsp3) is 0.232.